The number of carbonyl (C=O) groups is 1. The van der Waals surface area contributed by atoms with Crippen LogP contribution in [0.4, 0.5) is 0 Å². The average molecular weight is 298 g/mol. The molecule has 3 nitrogen and oxygen atoms in total. The van der Waals surface area contributed by atoms with Gasteiger partial charge in [0.05, 0.1) is 0 Å². The lowest BCUT2D eigenvalue weighted by atomic mass is 10.0. The van der Waals surface area contributed by atoms with E-state index in [0.717, 1.165) is 0 Å². The third kappa shape index (κ3) is 6.05. The van der Waals surface area contributed by atoms with E-state index in [1.807, 2.05) is 6.92 Å². The maximum atomic E-state index is 11.4. The molecule has 0 aromatic carbocycles. The van der Waals surface area contributed by atoms with Crippen LogP contribution in [-0.4, -0.2) is 27.0 Å². The molecule has 0 N–H and O–H groups in total. The van der Waals surface area contributed by atoms with E-state index in [1.165, 1.54) is 6.08 Å². The number of esters is 1. The van der Waals surface area contributed by atoms with Gasteiger partial charge in [-0.3, -0.25) is 0 Å². The van der Waals surface area contributed by atoms with Gasteiger partial charge in [0.1, 0.15) is 6.10 Å². The molecule has 0 saturated heterocycles. The topological polar surface area (TPSA) is 35.5 Å². The minimum Gasteiger partial charge on any atom is -0.459 e. The van der Waals surface area contributed by atoms with Crippen molar-refractivity contribution in [2.45, 2.75) is 58.4 Å². The first kappa shape index (κ1) is 19.1. The summed E-state index contributed by atoms with van der Waals surface area (Å²) in [4.78, 5) is 11.4. The fourth-order valence-corrected chi connectivity index (χ4v) is 2.49. The molecule has 0 aromatic heterocycles. The van der Waals surface area contributed by atoms with Crippen molar-refractivity contribution in [3.63, 3.8) is 0 Å². The van der Waals surface area contributed by atoms with Crippen LogP contribution in [0.15, 0.2) is 25.3 Å². The maximum Gasteiger partial charge on any atom is 0.330 e. The van der Waals surface area contributed by atoms with Gasteiger partial charge in [0.15, 0.2) is 8.32 Å². The minimum absolute atomic E-state index is 0.0990. The summed E-state index contributed by atoms with van der Waals surface area (Å²) < 4.78 is 11.5. The predicted octanol–water partition coefficient (Wildman–Crippen LogP) is 4.32. The van der Waals surface area contributed by atoms with Crippen LogP contribution < -0.4 is 0 Å². The van der Waals surface area contributed by atoms with Crippen molar-refractivity contribution in [1.82, 2.24) is 0 Å². The summed E-state index contributed by atoms with van der Waals surface area (Å²) in [7, 11) is -1.75. The van der Waals surface area contributed by atoms with Crippen molar-refractivity contribution in [3.8, 4) is 0 Å². The molecular weight excluding hydrogens is 268 g/mol. The van der Waals surface area contributed by atoms with E-state index >= 15 is 0 Å². The van der Waals surface area contributed by atoms with Gasteiger partial charge in [-0.1, -0.05) is 40.3 Å². The minimum atomic E-state index is -1.75. The summed E-state index contributed by atoms with van der Waals surface area (Å²) in [6.45, 7) is 20.8. The van der Waals surface area contributed by atoms with Gasteiger partial charge in [-0.25, -0.2) is 4.79 Å². The largest absolute Gasteiger partial charge is 0.459 e. The lowest BCUT2D eigenvalue weighted by Crippen LogP contribution is -2.41. The van der Waals surface area contributed by atoms with Gasteiger partial charge < -0.3 is 9.16 Å². The molecule has 20 heavy (non-hydrogen) atoms. The number of hydrogen-bond acceptors (Lipinski definition) is 3. The van der Waals surface area contributed by atoms with Crippen LogP contribution in [0.1, 0.15) is 34.1 Å². The number of carbonyl (C=O) groups excluding carboxylic acids is 1. The predicted molar refractivity (Wildman–Crippen MR) is 87.2 cm³/mol. The lowest BCUT2D eigenvalue weighted by molar-refractivity contribution is -0.145. The van der Waals surface area contributed by atoms with Gasteiger partial charge in [-0.2, -0.15) is 0 Å². The second-order valence-corrected chi connectivity index (χ2v) is 11.5. The molecular formula is C16H30O3Si. The highest BCUT2D eigenvalue weighted by molar-refractivity contribution is 6.74. The highest BCUT2D eigenvalue weighted by atomic mass is 28.4. The molecule has 0 rings (SSSR count). The summed E-state index contributed by atoms with van der Waals surface area (Å²) in [5, 5.41) is 0.185. The van der Waals surface area contributed by atoms with Crippen molar-refractivity contribution in [1.29, 1.82) is 0 Å². The Hall–Kier alpha value is -0.873. The van der Waals surface area contributed by atoms with E-state index in [0.29, 0.717) is 13.0 Å². The molecule has 0 radical (unpaired) electrons. The Balaban J connectivity index is 4.51. The Bertz CT molecular complexity index is 342. The van der Waals surface area contributed by atoms with Crippen LogP contribution in [-0.2, 0) is 14.0 Å². The van der Waals surface area contributed by atoms with Crippen molar-refractivity contribution >= 4 is 14.3 Å². The third-order valence-corrected chi connectivity index (χ3v) is 8.60. The summed E-state index contributed by atoms with van der Waals surface area (Å²) >= 11 is 0. The Morgan fingerprint density at radius 3 is 2.25 bits per heavy atom. The second kappa shape index (κ2) is 7.79. The molecule has 0 aliphatic rings. The third-order valence-electron chi connectivity index (χ3n) is 4.06. The Kier molecular flexibility index (Phi) is 7.45. The zero-order valence-electron chi connectivity index (χ0n) is 13.9. The first-order chi connectivity index (χ1) is 9.05. The molecule has 0 heterocycles. The van der Waals surface area contributed by atoms with Crippen LogP contribution in [0.5, 0.6) is 0 Å². The molecule has 116 valence electrons. The molecule has 0 aromatic rings. The number of ether oxygens (including phenoxy) is 1. The maximum absolute atomic E-state index is 11.4. The number of rotatable bonds is 8. The average Bonchev–Trinajstić information content (AvgIpc) is 2.34. The molecule has 0 amide bonds. The quantitative estimate of drug-likeness (QED) is 0.290. The SMILES string of the molecule is C=CC(=O)O[C@H](CCO[Si](C)(C)C(C)(C)C)[C@@H](C)C=C. The van der Waals surface area contributed by atoms with E-state index in [2.05, 4.69) is 47.0 Å². The van der Waals surface area contributed by atoms with Crippen molar-refractivity contribution in [2.75, 3.05) is 6.61 Å². The molecule has 0 bridgehead atoms. The van der Waals surface area contributed by atoms with E-state index in [4.69, 9.17) is 9.16 Å². The first-order valence-electron chi connectivity index (χ1n) is 7.14. The van der Waals surface area contributed by atoms with E-state index in [9.17, 15) is 4.79 Å². The van der Waals surface area contributed by atoms with Crippen molar-refractivity contribution in [2.24, 2.45) is 5.92 Å². The molecule has 0 unspecified atom stereocenters. The molecule has 0 spiro atoms. The van der Waals surface area contributed by atoms with E-state index in [-0.39, 0.29) is 17.1 Å². The standard InChI is InChI=1S/C16H30O3Si/c1-9-13(3)14(19-15(17)10-2)11-12-18-20(7,8)16(4,5)6/h9-10,13-14H,1-2,11-12H2,3-8H3/t13-,14+/m0/s1. The fraction of sp³-hybridized carbons (Fsp3) is 0.688. The molecule has 0 fully saturated rings. The Morgan fingerprint density at radius 2 is 1.85 bits per heavy atom. The monoisotopic (exact) mass is 298 g/mol. The Labute approximate surface area is 125 Å². The highest BCUT2D eigenvalue weighted by Gasteiger charge is 2.37. The smallest absolute Gasteiger partial charge is 0.330 e. The van der Waals surface area contributed by atoms with Gasteiger partial charge >= 0.3 is 5.97 Å². The van der Waals surface area contributed by atoms with Gasteiger partial charge in [0, 0.05) is 25.0 Å². The van der Waals surface area contributed by atoms with Crippen LogP contribution in [0.25, 0.3) is 0 Å². The van der Waals surface area contributed by atoms with E-state index < -0.39 is 14.3 Å². The normalized spacial score (nSPS) is 15.3. The molecule has 0 saturated carbocycles. The summed E-state index contributed by atoms with van der Waals surface area (Å²) in [5.41, 5.74) is 0. The molecule has 4 heteroatoms. The van der Waals surface area contributed by atoms with Gasteiger partial charge in [-0.05, 0) is 18.1 Å². The van der Waals surface area contributed by atoms with Crippen molar-refractivity contribution in [3.05, 3.63) is 25.3 Å². The molecule has 0 aliphatic carbocycles. The van der Waals surface area contributed by atoms with Gasteiger partial charge in [-0.15, -0.1) is 6.58 Å². The molecule has 0 aliphatic heterocycles. The van der Waals surface area contributed by atoms with Gasteiger partial charge in [0.25, 0.3) is 0 Å². The van der Waals surface area contributed by atoms with Crippen LogP contribution in [0, 0.1) is 5.92 Å². The zero-order chi connectivity index (χ0) is 16.0. The number of hydrogen-bond donors (Lipinski definition) is 0. The lowest BCUT2D eigenvalue weighted by Gasteiger charge is -2.36. The highest BCUT2D eigenvalue weighted by Crippen LogP contribution is 2.36. The van der Waals surface area contributed by atoms with Crippen molar-refractivity contribution < 1.29 is 14.0 Å². The summed E-state index contributed by atoms with van der Waals surface area (Å²) in [6.07, 6.45) is 3.47. The van der Waals surface area contributed by atoms with Gasteiger partial charge in [0.2, 0.25) is 0 Å². The van der Waals surface area contributed by atoms with E-state index in [1.54, 1.807) is 6.08 Å². The second-order valence-electron chi connectivity index (χ2n) is 6.67. The Morgan fingerprint density at radius 1 is 1.30 bits per heavy atom. The fourth-order valence-electron chi connectivity index (χ4n) is 1.42. The van der Waals surface area contributed by atoms with Crippen LogP contribution in [0.3, 0.4) is 0 Å². The van der Waals surface area contributed by atoms with Crippen LogP contribution in [0.2, 0.25) is 18.1 Å². The summed E-state index contributed by atoms with van der Waals surface area (Å²) in [6, 6.07) is 0. The molecule has 2 atom stereocenters. The zero-order valence-corrected chi connectivity index (χ0v) is 14.9. The summed E-state index contributed by atoms with van der Waals surface area (Å²) in [5.74, 6) is -0.294. The van der Waals surface area contributed by atoms with Crippen LogP contribution >= 0.6 is 0 Å². The first-order valence-corrected chi connectivity index (χ1v) is 10.1.